The van der Waals surface area contributed by atoms with E-state index in [-0.39, 0.29) is 0 Å². The summed E-state index contributed by atoms with van der Waals surface area (Å²) in [6.07, 6.45) is 2.68. The molecule has 0 bridgehead atoms. The molecule has 4 heteroatoms. The molecule has 3 nitrogen and oxygen atoms in total. The number of hydrogen-bond donors (Lipinski definition) is 0. The number of aryl methyl sites for hydroxylation is 1. The van der Waals surface area contributed by atoms with Gasteiger partial charge in [-0.15, -0.1) is 0 Å². The van der Waals surface area contributed by atoms with E-state index in [2.05, 4.69) is 10.1 Å². The summed E-state index contributed by atoms with van der Waals surface area (Å²) in [7, 11) is 5.70. The van der Waals surface area contributed by atoms with E-state index >= 15 is 0 Å². The van der Waals surface area contributed by atoms with Gasteiger partial charge >= 0.3 is 0 Å². The van der Waals surface area contributed by atoms with Gasteiger partial charge in [-0.2, -0.15) is 5.10 Å². The van der Waals surface area contributed by atoms with Crippen LogP contribution in [-0.2, 0) is 6.42 Å². The van der Waals surface area contributed by atoms with Gasteiger partial charge in [0.1, 0.15) is 13.5 Å². The lowest BCUT2D eigenvalue weighted by Gasteiger charge is -1.92. The summed E-state index contributed by atoms with van der Waals surface area (Å²) < 4.78 is 1.70. The van der Waals surface area contributed by atoms with Crippen molar-refractivity contribution in [1.82, 2.24) is 14.6 Å². The summed E-state index contributed by atoms with van der Waals surface area (Å²) in [5.74, 6) is 0.827. The van der Waals surface area contributed by atoms with Crippen LogP contribution in [0, 0.1) is 0 Å². The standard InChI is InChI=1S/C8H8BN3/c1-2-7-10-8-6(9)4-3-5-12(8)11-7/h3-5H,2H2,1H3. The lowest BCUT2D eigenvalue weighted by molar-refractivity contribution is 0.887. The zero-order valence-electron chi connectivity index (χ0n) is 6.86. The van der Waals surface area contributed by atoms with E-state index in [0.717, 1.165) is 17.9 Å². The normalized spacial score (nSPS) is 10.8. The lowest BCUT2D eigenvalue weighted by Crippen LogP contribution is -2.06. The highest BCUT2D eigenvalue weighted by Gasteiger charge is 2.01. The molecule has 0 aromatic carbocycles. The molecule has 2 rings (SSSR count). The number of hydrogen-bond acceptors (Lipinski definition) is 2. The predicted molar refractivity (Wildman–Crippen MR) is 47.8 cm³/mol. The Morgan fingerprint density at radius 2 is 2.42 bits per heavy atom. The first kappa shape index (κ1) is 7.34. The van der Waals surface area contributed by atoms with Crippen LogP contribution in [0.5, 0.6) is 0 Å². The molecule has 0 aliphatic heterocycles. The first-order valence-electron chi connectivity index (χ1n) is 3.91. The van der Waals surface area contributed by atoms with E-state index in [9.17, 15) is 0 Å². The van der Waals surface area contributed by atoms with Gasteiger partial charge in [-0.05, 0) is 6.07 Å². The number of nitrogens with zero attached hydrogens (tertiary/aromatic N) is 3. The van der Waals surface area contributed by atoms with Crippen LogP contribution >= 0.6 is 0 Å². The van der Waals surface area contributed by atoms with Gasteiger partial charge < -0.3 is 0 Å². The first-order chi connectivity index (χ1) is 5.81. The topological polar surface area (TPSA) is 30.2 Å². The molecule has 2 aromatic heterocycles. The minimum atomic E-state index is 0.671. The number of aromatic nitrogens is 3. The average molecular weight is 157 g/mol. The minimum absolute atomic E-state index is 0.671. The summed E-state index contributed by atoms with van der Waals surface area (Å²) in [4.78, 5) is 4.26. The summed E-state index contributed by atoms with van der Waals surface area (Å²) in [5.41, 5.74) is 1.42. The molecule has 58 valence electrons. The second-order valence-corrected chi connectivity index (χ2v) is 2.61. The minimum Gasteiger partial charge on any atom is -0.222 e. The lowest BCUT2D eigenvalue weighted by atomic mass is 9.98. The zero-order valence-corrected chi connectivity index (χ0v) is 6.86. The molecule has 2 heterocycles. The van der Waals surface area contributed by atoms with Gasteiger partial charge in [-0.1, -0.05) is 18.5 Å². The van der Waals surface area contributed by atoms with Gasteiger partial charge in [0.25, 0.3) is 0 Å². The van der Waals surface area contributed by atoms with Gasteiger partial charge in [0.2, 0.25) is 0 Å². The zero-order chi connectivity index (χ0) is 8.55. The van der Waals surface area contributed by atoms with Crippen molar-refractivity contribution < 1.29 is 0 Å². The van der Waals surface area contributed by atoms with Gasteiger partial charge in [0, 0.05) is 12.6 Å². The SMILES string of the molecule is [B]c1cccn2nc(CC)nc12. The monoisotopic (exact) mass is 157 g/mol. The quantitative estimate of drug-likeness (QED) is 0.549. The Morgan fingerprint density at radius 1 is 1.58 bits per heavy atom. The van der Waals surface area contributed by atoms with E-state index in [0.29, 0.717) is 5.46 Å². The molecule has 0 saturated heterocycles. The highest BCUT2D eigenvalue weighted by Crippen LogP contribution is 1.97. The molecule has 0 saturated carbocycles. The van der Waals surface area contributed by atoms with Crippen LogP contribution in [0.25, 0.3) is 5.65 Å². The Bertz CT molecular complexity index is 408. The maximum atomic E-state index is 5.70. The van der Waals surface area contributed by atoms with Crippen molar-refractivity contribution >= 4 is 19.0 Å². The van der Waals surface area contributed by atoms with Gasteiger partial charge in [0.15, 0.2) is 5.82 Å². The smallest absolute Gasteiger partial charge is 0.151 e. The van der Waals surface area contributed by atoms with Crippen LogP contribution in [0.15, 0.2) is 18.3 Å². The van der Waals surface area contributed by atoms with E-state index in [1.54, 1.807) is 4.52 Å². The van der Waals surface area contributed by atoms with Crippen molar-refractivity contribution in [2.45, 2.75) is 13.3 Å². The fourth-order valence-electron chi connectivity index (χ4n) is 1.12. The molecule has 0 N–H and O–H groups in total. The highest BCUT2D eigenvalue weighted by molar-refractivity contribution is 6.36. The van der Waals surface area contributed by atoms with Crippen molar-refractivity contribution in [1.29, 1.82) is 0 Å². The molecule has 0 aliphatic rings. The van der Waals surface area contributed by atoms with Crippen LogP contribution in [0.4, 0.5) is 0 Å². The third-order valence-corrected chi connectivity index (χ3v) is 1.75. The maximum absolute atomic E-state index is 5.70. The Hall–Kier alpha value is -1.32. The van der Waals surface area contributed by atoms with Crippen LogP contribution in [-0.4, -0.2) is 22.4 Å². The molecule has 12 heavy (non-hydrogen) atoms. The van der Waals surface area contributed by atoms with Crippen molar-refractivity contribution in [2.24, 2.45) is 0 Å². The van der Waals surface area contributed by atoms with E-state index in [4.69, 9.17) is 7.85 Å². The molecule has 0 amide bonds. The van der Waals surface area contributed by atoms with Crippen molar-refractivity contribution in [3.63, 3.8) is 0 Å². The molecule has 0 spiro atoms. The third-order valence-electron chi connectivity index (χ3n) is 1.75. The maximum Gasteiger partial charge on any atom is 0.151 e. The second-order valence-electron chi connectivity index (χ2n) is 2.61. The van der Waals surface area contributed by atoms with Crippen molar-refractivity contribution in [2.75, 3.05) is 0 Å². The largest absolute Gasteiger partial charge is 0.222 e. The van der Waals surface area contributed by atoms with Crippen LogP contribution in [0.1, 0.15) is 12.7 Å². The Kier molecular flexibility index (Phi) is 1.61. The third kappa shape index (κ3) is 0.997. The van der Waals surface area contributed by atoms with Crippen LogP contribution in [0.2, 0.25) is 0 Å². The number of rotatable bonds is 1. The molecular weight excluding hydrogens is 149 g/mol. The van der Waals surface area contributed by atoms with Crippen LogP contribution in [0.3, 0.4) is 0 Å². The van der Waals surface area contributed by atoms with Gasteiger partial charge in [0.05, 0.1) is 0 Å². The second kappa shape index (κ2) is 2.62. The summed E-state index contributed by atoms with van der Waals surface area (Å²) >= 11 is 0. The Labute approximate surface area is 71.8 Å². The van der Waals surface area contributed by atoms with E-state index < -0.39 is 0 Å². The molecule has 2 radical (unpaired) electrons. The fraction of sp³-hybridized carbons (Fsp3) is 0.250. The number of pyridine rings is 1. The van der Waals surface area contributed by atoms with Crippen molar-refractivity contribution in [3.05, 3.63) is 24.2 Å². The molecule has 2 aromatic rings. The Morgan fingerprint density at radius 3 is 3.08 bits per heavy atom. The van der Waals surface area contributed by atoms with E-state index in [1.165, 1.54) is 0 Å². The van der Waals surface area contributed by atoms with Gasteiger partial charge in [-0.25, -0.2) is 9.50 Å². The first-order valence-corrected chi connectivity index (χ1v) is 3.91. The van der Waals surface area contributed by atoms with Crippen LogP contribution < -0.4 is 5.46 Å². The predicted octanol–water partition coefficient (Wildman–Crippen LogP) is 0.0855. The van der Waals surface area contributed by atoms with E-state index in [1.807, 2.05) is 25.3 Å². The van der Waals surface area contributed by atoms with Gasteiger partial charge in [-0.3, -0.25) is 0 Å². The summed E-state index contributed by atoms with van der Waals surface area (Å²) in [5, 5.41) is 4.22. The summed E-state index contributed by atoms with van der Waals surface area (Å²) in [6.45, 7) is 2.02. The molecular formula is C8H8BN3. The Balaban J connectivity index is 2.74. The molecule has 0 fully saturated rings. The highest BCUT2D eigenvalue weighted by atomic mass is 15.3. The molecule has 0 aliphatic carbocycles. The van der Waals surface area contributed by atoms with Crippen molar-refractivity contribution in [3.8, 4) is 0 Å². The average Bonchev–Trinajstić information content (AvgIpc) is 2.49. The fourth-order valence-corrected chi connectivity index (χ4v) is 1.12. The number of fused-ring (bicyclic) bond motifs is 1. The molecule has 0 unspecified atom stereocenters. The molecule has 0 atom stereocenters. The summed E-state index contributed by atoms with van der Waals surface area (Å²) in [6, 6.07) is 3.68.